The average molecular weight is 375 g/mol. The zero-order valence-electron chi connectivity index (χ0n) is 16.4. The molecule has 0 fully saturated rings. The Balaban J connectivity index is 0.000000817. The van der Waals surface area contributed by atoms with Gasteiger partial charge in [0.25, 0.3) is 5.91 Å². The molecule has 0 saturated heterocycles. The van der Waals surface area contributed by atoms with E-state index in [1.807, 2.05) is 12.1 Å². The Morgan fingerprint density at radius 2 is 1.96 bits per heavy atom. The monoisotopic (exact) mass is 375 g/mol. The summed E-state index contributed by atoms with van der Waals surface area (Å²) in [6.07, 6.45) is 4.21. The van der Waals surface area contributed by atoms with E-state index >= 15 is 0 Å². The van der Waals surface area contributed by atoms with E-state index in [2.05, 4.69) is 32.3 Å². The van der Waals surface area contributed by atoms with Crippen LogP contribution < -0.4 is 10.6 Å². The zero-order chi connectivity index (χ0) is 19.8. The van der Waals surface area contributed by atoms with Crippen LogP contribution in [0.25, 0.3) is 0 Å². The Morgan fingerprint density at radius 3 is 2.59 bits per heavy atom. The van der Waals surface area contributed by atoms with Gasteiger partial charge in [0, 0.05) is 45.3 Å². The molecule has 8 nitrogen and oxygen atoms in total. The van der Waals surface area contributed by atoms with Gasteiger partial charge in [0.15, 0.2) is 5.70 Å². The van der Waals surface area contributed by atoms with Gasteiger partial charge in [-0.3, -0.25) is 9.78 Å². The fourth-order valence-corrected chi connectivity index (χ4v) is 3.02. The number of methoxy groups -OCH3 is 1. The fraction of sp³-hybridized carbons (Fsp3) is 0.526. The summed E-state index contributed by atoms with van der Waals surface area (Å²) >= 11 is 0. The predicted octanol–water partition coefficient (Wildman–Crippen LogP) is 1.03. The summed E-state index contributed by atoms with van der Waals surface area (Å²) in [5, 5.41) is 16.9. The van der Waals surface area contributed by atoms with Crippen LogP contribution in [0.4, 0.5) is 0 Å². The van der Waals surface area contributed by atoms with Gasteiger partial charge < -0.3 is 25.4 Å². The first kappa shape index (κ1) is 20.9. The number of hydrogen-bond acceptors (Lipinski definition) is 7. The summed E-state index contributed by atoms with van der Waals surface area (Å²) in [6.45, 7) is 3.14. The van der Waals surface area contributed by atoms with E-state index in [9.17, 15) is 9.90 Å². The number of pyridine rings is 1. The molecule has 0 unspecified atom stereocenters. The molecule has 27 heavy (non-hydrogen) atoms. The highest BCUT2D eigenvalue weighted by molar-refractivity contribution is 6.01. The standard InChI is InChI=1S/C17H23N5O2.C2H6O/c1-3-11(8-14(23)12-4-6-18-7-5-12)13-9-19-16-15(21-13)17(24)22(2)10-20-16;1-3-2/h4-7,11,14,19-20,23H,3,8-10H2,1-2H3;1-2H3/t11-,14+;/m0./s1. The SMILES string of the molecule is CC[C@@H](C[C@@H](O)c1ccncc1)C1=NC2=C(NC1)NCN(C)C2=O.COC. The average Bonchev–Trinajstić information content (AvgIpc) is 2.70. The lowest BCUT2D eigenvalue weighted by atomic mass is 9.90. The van der Waals surface area contributed by atoms with Crippen LogP contribution in [0, 0.1) is 5.92 Å². The number of carbonyl (C=O) groups is 1. The van der Waals surface area contributed by atoms with Crippen LogP contribution in [0.5, 0.6) is 0 Å². The molecule has 2 aliphatic rings. The van der Waals surface area contributed by atoms with Crippen LogP contribution in [-0.2, 0) is 9.53 Å². The molecular weight excluding hydrogens is 346 g/mol. The fourth-order valence-electron chi connectivity index (χ4n) is 3.02. The summed E-state index contributed by atoms with van der Waals surface area (Å²) in [4.78, 5) is 22.5. The van der Waals surface area contributed by atoms with Crippen molar-refractivity contribution in [3.8, 4) is 0 Å². The van der Waals surface area contributed by atoms with Gasteiger partial charge in [-0.25, -0.2) is 4.99 Å². The first-order chi connectivity index (χ1) is 13.0. The molecular formula is C19H29N5O3. The maximum Gasteiger partial charge on any atom is 0.277 e. The van der Waals surface area contributed by atoms with Gasteiger partial charge in [-0.15, -0.1) is 0 Å². The van der Waals surface area contributed by atoms with Crippen molar-refractivity contribution < 1.29 is 14.6 Å². The van der Waals surface area contributed by atoms with Gasteiger partial charge in [-0.1, -0.05) is 6.92 Å². The number of ether oxygens (including phenoxy) is 1. The molecule has 0 aromatic carbocycles. The minimum Gasteiger partial charge on any atom is -0.388 e. The van der Waals surface area contributed by atoms with E-state index < -0.39 is 6.10 Å². The molecule has 0 saturated carbocycles. The number of aliphatic hydroxyl groups excluding tert-OH is 1. The topological polar surface area (TPSA) is 99.1 Å². The molecule has 2 atom stereocenters. The molecule has 0 aliphatic carbocycles. The number of nitrogens with one attached hydrogen (secondary N) is 2. The van der Waals surface area contributed by atoms with Crippen molar-refractivity contribution in [3.63, 3.8) is 0 Å². The maximum absolute atomic E-state index is 12.3. The number of hydrogen-bond donors (Lipinski definition) is 3. The van der Waals surface area contributed by atoms with Gasteiger partial charge in [0.05, 0.1) is 19.3 Å². The minimum atomic E-state index is -0.570. The van der Waals surface area contributed by atoms with Crippen molar-refractivity contribution >= 4 is 11.6 Å². The molecule has 3 N–H and O–H groups in total. The van der Waals surface area contributed by atoms with Gasteiger partial charge in [-0.05, 0) is 30.5 Å². The number of aliphatic imine (C=N–C) groups is 1. The second-order valence-corrected chi connectivity index (χ2v) is 6.56. The van der Waals surface area contributed by atoms with E-state index in [0.717, 1.165) is 17.7 Å². The third-order valence-corrected chi connectivity index (χ3v) is 4.54. The quantitative estimate of drug-likeness (QED) is 0.711. The first-order valence-electron chi connectivity index (χ1n) is 9.04. The molecule has 2 aliphatic heterocycles. The molecule has 1 amide bonds. The summed E-state index contributed by atoms with van der Waals surface area (Å²) in [5.41, 5.74) is 2.19. The molecule has 1 aromatic heterocycles. The number of rotatable bonds is 5. The smallest absolute Gasteiger partial charge is 0.277 e. The van der Waals surface area contributed by atoms with Crippen LogP contribution in [-0.4, -0.2) is 61.1 Å². The van der Waals surface area contributed by atoms with E-state index in [1.54, 1.807) is 38.6 Å². The molecule has 148 valence electrons. The largest absolute Gasteiger partial charge is 0.388 e. The van der Waals surface area contributed by atoms with Crippen LogP contribution in [0.3, 0.4) is 0 Å². The lowest BCUT2D eigenvalue weighted by molar-refractivity contribution is -0.127. The lowest BCUT2D eigenvalue weighted by Crippen LogP contribution is -2.49. The number of aliphatic hydroxyl groups is 1. The van der Waals surface area contributed by atoms with Crippen LogP contribution in [0.1, 0.15) is 31.4 Å². The molecule has 1 aromatic rings. The van der Waals surface area contributed by atoms with Gasteiger partial charge in [-0.2, -0.15) is 0 Å². The second-order valence-electron chi connectivity index (χ2n) is 6.56. The number of nitrogens with zero attached hydrogens (tertiary/aromatic N) is 3. The van der Waals surface area contributed by atoms with Crippen molar-refractivity contribution in [2.75, 3.05) is 34.5 Å². The van der Waals surface area contributed by atoms with Crippen LogP contribution in [0.15, 0.2) is 41.0 Å². The summed E-state index contributed by atoms with van der Waals surface area (Å²) in [5.74, 6) is 0.721. The summed E-state index contributed by atoms with van der Waals surface area (Å²) < 4.78 is 4.25. The highest BCUT2D eigenvalue weighted by Crippen LogP contribution is 2.26. The Bertz CT molecular complexity index is 690. The highest BCUT2D eigenvalue weighted by atomic mass is 16.4. The normalized spacial score (nSPS) is 18.3. The van der Waals surface area contributed by atoms with Crippen molar-refractivity contribution in [1.82, 2.24) is 20.5 Å². The van der Waals surface area contributed by atoms with E-state index in [0.29, 0.717) is 31.2 Å². The Labute approximate surface area is 160 Å². The van der Waals surface area contributed by atoms with Crippen molar-refractivity contribution in [2.24, 2.45) is 10.9 Å². The summed E-state index contributed by atoms with van der Waals surface area (Å²) in [6, 6.07) is 3.64. The van der Waals surface area contributed by atoms with Crippen molar-refractivity contribution in [1.29, 1.82) is 0 Å². The van der Waals surface area contributed by atoms with Gasteiger partial charge in [0.1, 0.15) is 5.82 Å². The third kappa shape index (κ3) is 5.27. The molecule has 0 radical (unpaired) electrons. The lowest BCUT2D eigenvalue weighted by Gasteiger charge is -2.32. The molecule has 0 spiro atoms. The Kier molecular flexibility index (Phi) is 7.75. The Hall–Kier alpha value is -2.45. The van der Waals surface area contributed by atoms with E-state index in [-0.39, 0.29) is 11.8 Å². The maximum atomic E-state index is 12.3. The van der Waals surface area contributed by atoms with Gasteiger partial charge >= 0.3 is 0 Å². The first-order valence-corrected chi connectivity index (χ1v) is 9.04. The number of likely N-dealkylation sites (N-methyl/N-ethyl adjacent to an activating group) is 1. The van der Waals surface area contributed by atoms with Crippen molar-refractivity contribution in [2.45, 2.75) is 25.9 Å². The minimum absolute atomic E-state index is 0.0852. The van der Waals surface area contributed by atoms with Crippen molar-refractivity contribution in [3.05, 3.63) is 41.6 Å². The second kappa shape index (κ2) is 10.0. The molecule has 0 bridgehead atoms. The zero-order valence-corrected chi connectivity index (χ0v) is 16.4. The highest BCUT2D eigenvalue weighted by Gasteiger charge is 2.30. The van der Waals surface area contributed by atoms with Crippen LogP contribution in [0.2, 0.25) is 0 Å². The van der Waals surface area contributed by atoms with Crippen LogP contribution >= 0.6 is 0 Å². The van der Waals surface area contributed by atoms with Gasteiger partial charge in [0.2, 0.25) is 0 Å². The Morgan fingerprint density at radius 1 is 1.30 bits per heavy atom. The number of amides is 1. The molecule has 3 heterocycles. The van der Waals surface area contributed by atoms with E-state index in [1.165, 1.54) is 0 Å². The van der Waals surface area contributed by atoms with E-state index in [4.69, 9.17) is 0 Å². The third-order valence-electron chi connectivity index (χ3n) is 4.54. The molecule has 3 rings (SSSR count). The summed E-state index contributed by atoms with van der Waals surface area (Å²) in [7, 11) is 4.99. The predicted molar refractivity (Wildman–Crippen MR) is 104 cm³/mol. The molecule has 8 heteroatoms. The number of carbonyl (C=O) groups excluding carboxylic acids is 1. The number of aromatic nitrogens is 1.